The van der Waals surface area contributed by atoms with Crippen LogP contribution in [-0.2, 0) is 26.2 Å². The molecule has 0 saturated carbocycles. The number of rotatable bonds is 13. The Bertz CT molecular complexity index is 1300. The van der Waals surface area contributed by atoms with E-state index in [-0.39, 0.29) is 17.3 Å². The Labute approximate surface area is 226 Å². The molecule has 0 radical (unpaired) electrons. The standard InChI is InChI=1S/C30H37N3O4S/c1-4-6-20-31-30(35)28(5-2)32(22-25-15-9-7-10-16-25)29(34)23-33(26-17-13-14-24(3)21-26)38(36,37)27-18-11-8-12-19-27/h7-19,21,28H,4-6,20,22-23H2,1-3H3,(H,31,35). The zero-order valence-electron chi connectivity index (χ0n) is 22.3. The highest BCUT2D eigenvalue weighted by Crippen LogP contribution is 2.25. The van der Waals surface area contributed by atoms with Crippen molar-refractivity contribution in [1.29, 1.82) is 0 Å². The molecule has 2 amide bonds. The van der Waals surface area contributed by atoms with Crippen molar-refractivity contribution in [3.05, 3.63) is 96.1 Å². The number of amides is 2. The molecule has 38 heavy (non-hydrogen) atoms. The molecule has 3 rings (SSSR count). The number of carbonyl (C=O) groups excluding carboxylic acids is 2. The molecule has 0 spiro atoms. The van der Waals surface area contributed by atoms with Gasteiger partial charge in [0.25, 0.3) is 10.0 Å². The fraction of sp³-hybridized carbons (Fsp3) is 0.333. The van der Waals surface area contributed by atoms with Gasteiger partial charge in [-0.15, -0.1) is 0 Å². The van der Waals surface area contributed by atoms with Gasteiger partial charge in [0, 0.05) is 13.1 Å². The van der Waals surface area contributed by atoms with Gasteiger partial charge in [0.05, 0.1) is 10.6 Å². The summed E-state index contributed by atoms with van der Waals surface area (Å²) in [6, 6.07) is 23.8. The van der Waals surface area contributed by atoms with E-state index in [1.165, 1.54) is 17.0 Å². The third-order valence-corrected chi connectivity index (χ3v) is 8.10. The molecule has 1 unspecified atom stereocenters. The summed E-state index contributed by atoms with van der Waals surface area (Å²) < 4.78 is 28.7. The first-order valence-corrected chi connectivity index (χ1v) is 14.5. The number of anilines is 1. The van der Waals surface area contributed by atoms with Crippen molar-refractivity contribution in [3.63, 3.8) is 0 Å². The Morgan fingerprint density at radius 1 is 0.895 bits per heavy atom. The van der Waals surface area contributed by atoms with Crippen molar-refractivity contribution in [2.75, 3.05) is 17.4 Å². The fourth-order valence-electron chi connectivity index (χ4n) is 4.24. The minimum atomic E-state index is -4.06. The van der Waals surface area contributed by atoms with Crippen LogP contribution in [0, 0.1) is 6.92 Å². The first-order valence-electron chi connectivity index (χ1n) is 13.0. The van der Waals surface area contributed by atoms with Crippen molar-refractivity contribution >= 4 is 27.5 Å². The predicted molar refractivity (Wildman–Crippen MR) is 151 cm³/mol. The Hall–Kier alpha value is -3.65. The summed E-state index contributed by atoms with van der Waals surface area (Å²) in [7, 11) is -4.06. The van der Waals surface area contributed by atoms with E-state index >= 15 is 0 Å². The molecule has 1 atom stereocenters. The van der Waals surface area contributed by atoms with Crippen LogP contribution in [0.4, 0.5) is 5.69 Å². The average molecular weight is 536 g/mol. The molecular formula is C30H37N3O4S. The molecule has 0 saturated heterocycles. The lowest BCUT2D eigenvalue weighted by Gasteiger charge is -2.33. The second-order valence-electron chi connectivity index (χ2n) is 9.24. The van der Waals surface area contributed by atoms with E-state index in [9.17, 15) is 18.0 Å². The van der Waals surface area contributed by atoms with Gasteiger partial charge in [0.15, 0.2) is 0 Å². The molecular weight excluding hydrogens is 498 g/mol. The van der Waals surface area contributed by atoms with Crippen molar-refractivity contribution in [2.24, 2.45) is 0 Å². The van der Waals surface area contributed by atoms with E-state index in [2.05, 4.69) is 5.32 Å². The topological polar surface area (TPSA) is 86.8 Å². The molecule has 0 heterocycles. The summed E-state index contributed by atoms with van der Waals surface area (Å²) in [5.41, 5.74) is 2.11. The molecule has 0 aliphatic rings. The molecule has 0 aromatic heterocycles. The number of nitrogens with one attached hydrogen (secondary N) is 1. The molecule has 0 fully saturated rings. The quantitative estimate of drug-likeness (QED) is 0.315. The Kier molecular flexibility index (Phi) is 10.5. The maximum Gasteiger partial charge on any atom is 0.264 e. The molecule has 1 N–H and O–H groups in total. The number of sulfonamides is 1. The normalized spacial score (nSPS) is 12.0. The van der Waals surface area contributed by atoms with E-state index in [1.807, 2.05) is 57.2 Å². The zero-order chi connectivity index (χ0) is 27.5. The summed E-state index contributed by atoms with van der Waals surface area (Å²) in [4.78, 5) is 28.7. The van der Waals surface area contributed by atoms with E-state index in [1.54, 1.807) is 36.4 Å². The number of nitrogens with zero attached hydrogens (tertiary/aromatic N) is 2. The average Bonchev–Trinajstić information content (AvgIpc) is 2.92. The molecule has 8 heteroatoms. The highest BCUT2D eigenvalue weighted by Gasteiger charge is 2.33. The number of aryl methyl sites for hydroxylation is 1. The van der Waals surface area contributed by atoms with Crippen LogP contribution < -0.4 is 9.62 Å². The van der Waals surface area contributed by atoms with E-state index in [4.69, 9.17) is 0 Å². The minimum Gasteiger partial charge on any atom is -0.354 e. The minimum absolute atomic E-state index is 0.0910. The predicted octanol–water partition coefficient (Wildman–Crippen LogP) is 4.91. The number of hydrogen-bond acceptors (Lipinski definition) is 4. The molecule has 7 nitrogen and oxygen atoms in total. The third kappa shape index (κ3) is 7.44. The Morgan fingerprint density at radius 3 is 2.16 bits per heavy atom. The van der Waals surface area contributed by atoms with Crippen LogP contribution in [0.2, 0.25) is 0 Å². The van der Waals surface area contributed by atoms with Crippen LogP contribution >= 0.6 is 0 Å². The van der Waals surface area contributed by atoms with Crippen LogP contribution in [-0.4, -0.2) is 44.3 Å². The summed E-state index contributed by atoms with van der Waals surface area (Å²) in [6.45, 7) is 6.04. The zero-order valence-corrected chi connectivity index (χ0v) is 23.2. The summed E-state index contributed by atoms with van der Waals surface area (Å²) >= 11 is 0. The number of unbranched alkanes of at least 4 members (excludes halogenated alkanes) is 1. The second kappa shape index (κ2) is 13.8. The largest absolute Gasteiger partial charge is 0.354 e. The third-order valence-electron chi connectivity index (χ3n) is 6.31. The first kappa shape index (κ1) is 28.9. The van der Waals surface area contributed by atoms with Crippen molar-refractivity contribution in [2.45, 2.75) is 57.5 Å². The van der Waals surface area contributed by atoms with Gasteiger partial charge in [-0.1, -0.05) is 80.9 Å². The smallest absolute Gasteiger partial charge is 0.264 e. The van der Waals surface area contributed by atoms with E-state index in [0.717, 1.165) is 28.3 Å². The maximum absolute atomic E-state index is 14.0. The second-order valence-corrected chi connectivity index (χ2v) is 11.1. The maximum atomic E-state index is 14.0. The Morgan fingerprint density at radius 2 is 1.55 bits per heavy atom. The molecule has 3 aromatic carbocycles. The van der Waals surface area contributed by atoms with Gasteiger partial charge in [-0.05, 0) is 55.2 Å². The lowest BCUT2D eigenvalue weighted by atomic mass is 10.1. The fourth-order valence-corrected chi connectivity index (χ4v) is 5.66. The van der Waals surface area contributed by atoms with Crippen molar-refractivity contribution < 1.29 is 18.0 Å². The molecule has 0 bridgehead atoms. The van der Waals surface area contributed by atoms with E-state index < -0.39 is 28.5 Å². The van der Waals surface area contributed by atoms with Crippen molar-refractivity contribution in [1.82, 2.24) is 10.2 Å². The van der Waals surface area contributed by atoms with Crippen molar-refractivity contribution in [3.8, 4) is 0 Å². The van der Waals surface area contributed by atoms with Gasteiger partial charge in [-0.2, -0.15) is 0 Å². The molecule has 0 aliphatic carbocycles. The van der Waals surface area contributed by atoms with Crippen LogP contribution in [0.1, 0.15) is 44.2 Å². The molecule has 3 aromatic rings. The monoisotopic (exact) mass is 535 g/mol. The lowest BCUT2D eigenvalue weighted by molar-refractivity contribution is -0.140. The van der Waals surface area contributed by atoms with Crippen LogP contribution in [0.3, 0.4) is 0 Å². The van der Waals surface area contributed by atoms with Crippen LogP contribution in [0.15, 0.2) is 89.8 Å². The first-order chi connectivity index (χ1) is 18.3. The Balaban J connectivity index is 2.01. The number of hydrogen-bond donors (Lipinski definition) is 1. The summed E-state index contributed by atoms with van der Waals surface area (Å²) in [5, 5.41) is 2.94. The summed E-state index contributed by atoms with van der Waals surface area (Å²) in [5.74, 6) is -0.689. The van der Waals surface area contributed by atoms with Gasteiger partial charge >= 0.3 is 0 Å². The molecule has 202 valence electrons. The van der Waals surface area contributed by atoms with Gasteiger partial charge in [-0.25, -0.2) is 8.42 Å². The van der Waals surface area contributed by atoms with Gasteiger partial charge < -0.3 is 10.2 Å². The highest BCUT2D eigenvalue weighted by atomic mass is 32.2. The summed E-state index contributed by atoms with van der Waals surface area (Å²) in [6.07, 6.45) is 2.17. The van der Waals surface area contributed by atoms with Gasteiger partial charge in [0.2, 0.25) is 11.8 Å². The number of benzene rings is 3. The SMILES string of the molecule is CCCCNC(=O)C(CC)N(Cc1ccccc1)C(=O)CN(c1cccc(C)c1)S(=O)(=O)c1ccccc1. The van der Waals surface area contributed by atoms with Crippen LogP contribution in [0.5, 0.6) is 0 Å². The highest BCUT2D eigenvalue weighted by molar-refractivity contribution is 7.92. The number of carbonyl (C=O) groups is 2. The lowest BCUT2D eigenvalue weighted by Crippen LogP contribution is -2.52. The van der Waals surface area contributed by atoms with Gasteiger partial charge in [-0.3, -0.25) is 13.9 Å². The molecule has 0 aliphatic heterocycles. The van der Waals surface area contributed by atoms with E-state index in [0.29, 0.717) is 18.7 Å². The van der Waals surface area contributed by atoms with Crippen LogP contribution in [0.25, 0.3) is 0 Å². The van der Waals surface area contributed by atoms with Gasteiger partial charge in [0.1, 0.15) is 12.6 Å².